The maximum atomic E-state index is 14.8. The van der Waals surface area contributed by atoms with Gasteiger partial charge in [-0.05, 0) is 138 Å². The van der Waals surface area contributed by atoms with Crippen LogP contribution in [0.5, 0.6) is 28.7 Å². The molecule has 7 rings (SSSR count). The highest BCUT2D eigenvalue weighted by molar-refractivity contribution is 5.95. The number of esters is 5. The summed E-state index contributed by atoms with van der Waals surface area (Å²) in [6.07, 6.45) is 7.17. The van der Waals surface area contributed by atoms with Gasteiger partial charge in [0.15, 0.2) is 17.3 Å². The molecule has 0 heterocycles. The topological polar surface area (TPSA) is 145 Å². The Bertz CT molecular complexity index is 3020. The largest absolute Gasteiger partial charge is 0.494 e. The lowest BCUT2D eigenvalue weighted by Gasteiger charge is -2.10. The molecule has 0 saturated heterocycles. The quantitative estimate of drug-likeness (QED) is 0.0223. The van der Waals surface area contributed by atoms with Crippen molar-refractivity contribution in [3.63, 3.8) is 0 Å². The number of halogens is 1. The summed E-state index contributed by atoms with van der Waals surface area (Å²) >= 11 is 0. The number of nitrogens with zero attached hydrogens (tertiary/aromatic N) is 1. The van der Waals surface area contributed by atoms with Crippen LogP contribution in [-0.2, 0) is 9.53 Å². The summed E-state index contributed by atoms with van der Waals surface area (Å²) in [5.74, 6) is -3.55. The van der Waals surface area contributed by atoms with Crippen LogP contribution in [-0.4, -0.2) is 43.1 Å². The Morgan fingerprint density at radius 2 is 0.817 bits per heavy atom. The summed E-state index contributed by atoms with van der Waals surface area (Å²) in [5, 5.41) is 0. The Morgan fingerprint density at radius 3 is 1.30 bits per heavy atom. The van der Waals surface area contributed by atoms with Crippen molar-refractivity contribution in [2.75, 3.05) is 13.2 Å². The first kappa shape index (κ1) is 49.7. The van der Waals surface area contributed by atoms with Crippen LogP contribution < -0.4 is 23.7 Å². The van der Waals surface area contributed by atoms with Gasteiger partial charge in [-0.1, -0.05) is 92.9 Å². The van der Waals surface area contributed by atoms with Gasteiger partial charge in [0.05, 0.1) is 42.0 Å². The molecule has 0 atom stereocenters. The third-order valence-electron chi connectivity index (χ3n) is 10.9. The normalized spacial score (nSPS) is 10.5. The van der Waals surface area contributed by atoms with Crippen LogP contribution in [0.3, 0.4) is 0 Å². The molecule has 12 nitrogen and oxygen atoms in total. The fourth-order valence-corrected chi connectivity index (χ4v) is 7.00. The van der Waals surface area contributed by atoms with E-state index in [4.69, 9.17) is 35.0 Å². The van der Waals surface area contributed by atoms with Crippen LogP contribution >= 0.6 is 0 Å². The zero-order valence-electron chi connectivity index (χ0n) is 38.3. The molecular formula is C58H46FNO11. The van der Waals surface area contributed by atoms with Gasteiger partial charge in [0.2, 0.25) is 0 Å². The van der Waals surface area contributed by atoms with Crippen molar-refractivity contribution in [3.8, 4) is 51.0 Å². The number of rotatable bonds is 21. The standard InChI is InChI=1S/C58H46FNO11/c1-3-54(61)67-37-9-7-5-4-6-8-36-66-48-27-16-41(17-28-48)39-10-12-43(13-11-39)55(62)69-50-33-22-45(23-34-50)57(64)71-53-38-46(24-35-52(53)59)58(65)70-51-31-20-44(21-32-51)56(63)68-49-29-18-42(19-30-49)40-14-25-47(60-2)26-15-40/h3,10-35,38H,1,4-9,36-37H2. The summed E-state index contributed by atoms with van der Waals surface area (Å²) in [7, 11) is 0. The number of carbonyl (C=O) groups is 5. The summed E-state index contributed by atoms with van der Waals surface area (Å²) in [4.78, 5) is 66.3. The van der Waals surface area contributed by atoms with Crippen LogP contribution in [0, 0.1) is 12.4 Å². The van der Waals surface area contributed by atoms with E-state index in [2.05, 4.69) is 11.4 Å². The highest BCUT2D eigenvalue weighted by Gasteiger charge is 2.18. The second-order valence-corrected chi connectivity index (χ2v) is 15.9. The van der Waals surface area contributed by atoms with E-state index < -0.39 is 35.4 Å². The smallest absolute Gasteiger partial charge is 0.343 e. The molecule has 0 aliphatic rings. The highest BCUT2D eigenvalue weighted by atomic mass is 19.1. The van der Waals surface area contributed by atoms with Gasteiger partial charge >= 0.3 is 29.8 Å². The van der Waals surface area contributed by atoms with Crippen molar-refractivity contribution in [2.24, 2.45) is 0 Å². The molecule has 0 saturated carbocycles. The molecule has 0 unspecified atom stereocenters. The van der Waals surface area contributed by atoms with E-state index >= 15 is 0 Å². The summed E-state index contributed by atoms with van der Waals surface area (Å²) in [6.45, 7) is 11.5. The van der Waals surface area contributed by atoms with E-state index in [1.165, 1.54) is 60.7 Å². The van der Waals surface area contributed by atoms with E-state index in [1.54, 1.807) is 48.5 Å². The molecule has 0 radical (unpaired) electrons. The summed E-state index contributed by atoms with van der Waals surface area (Å²) in [6, 6.07) is 42.9. The van der Waals surface area contributed by atoms with Gasteiger partial charge in [-0.25, -0.2) is 33.2 Å². The number of carbonyl (C=O) groups excluding carboxylic acids is 5. The molecule has 0 fully saturated rings. The number of benzene rings is 7. The minimum Gasteiger partial charge on any atom is -0.494 e. The summed E-state index contributed by atoms with van der Waals surface area (Å²) in [5.41, 5.74) is 4.56. The monoisotopic (exact) mass is 951 g/mol. The lowest BCUT2D eigenvalue weighted by atomic mass is 10.0. The average molecular weight is 952 g/mol. The molecule has 13 heteroatoms. The average Bonchev–Trinajstić information content (AvgIpc) is 3.40. The molecule has 7 aromatic rings. The van der Waals surface area contributed by atoms with E-state index in [9.17, 15) is 28.4 Å². The molecule has 7 aromatic carbocycles. The molecular weight excluding hydrogens is 906 g/mol. The van der Waals surface area contributed by atoms with Gasteiger partial charge in [-0.2, -0.15) is 0 Å². The van der Waals surface area contributed by atoms with Gasteiger partial charge < -0.3 is 28.4 Å². The van der Waals surface area contributed by atoms with Crippen LogP contribution in [0.1, 0.15) is 80.0 Å². The molecule has 0 aromatic heterocycles. The van der Waals surface area contributed by atoms with Crippen LogP contribution in [0.4, 0.5) is 10.1 Å². The van der Waals surface area contributed by atoms with Gasteiger partial charge in [-0.3, -0.25) is 0 Å². The van der Waals surface area contributed by atoms with Crippen LogP contribution in [0.25, 0.3) is 27.1 Å². The minimum absolute atomic E-state index is 0.0199. The fourth-order valence-electron chi connectivity index (χ4n) is 7.00. The third-order valence-corrected chi connectivity index (χ3v) is 10.9. The SMILES string of the molecule is [C-]#[N+]c1ccc(-c2ccc(OC(=O)c3ccc(OC(=O)c4ccc(F)c(OC(=O)c5ccc(OC(=O)c6ccc(-c7ccc(OCCCCCCCCOC(=O)C=C)cc7)cc6)cc5)c4)cc3)cc2)cc1. The van der Waals surface area contributed by atoms with E-state index in [1.807, 2.05) is 48.5 Å². The fraction of sp³-hybridized carbons (Fsp3) is 0.138. The van der Waals surface area contributed by atoms with Gasteiger partial charge in [0.1, 0.15) is 23.0 Å². The molecule has 0 aliphatic heterocycles. The zero-order valence-corrected chi connectivity index (χ0v) is 38.3. The Hall–Kier alpha value is -9.15. The Labute approximate surface area is 409 Å². The number of hydrogen-bond acceptors (Lipinski definition) is 11. The maximum Gasteiger partial charge on any atom is 0.343 e. The first-order valence-electron chi connectivity index (χ1n) is 22.6. The predicted molar refractivity (Wildman–Crippen MR) is 263 cm³/mol. The van der Waals surface area contributed by atoms with Crippen LogP contribution in [0.15, 0.2) is 176 Å². The highest BCUT2D eigenvalue weighted by Crippen LogP contribution is 2.28. The number of ether oxygens (including phenoxy) is 6. The van der Waals surface area contributed by atoms with Crippen molar-refractivity contribution in [3.05, 3.63) is 216 Å². The maximum absolute atomic E-state index is 14.8. The van der Waals surface area contributed by atoms with Crippen molar-refractivity contribution < 1.29 is 56.8 Å². The van der Waals surface area contributed by atoms with Crippen molar-refractivity contribution in [1.29, 1.82) is 0 Å². The Balaban J connectivity index is 0.834. The molecule has 0 spiro atoms. The van der Waals surface area contributed by atoms with E-state index in [0.29, 0.717) is 30.2 Å². The van der Waals surface area contributed by atoms with Gasteiger partial charge in [0, 0.05) is 6.08 Å². The van der Waals surface area contributed by atoms with Gasteiger partial charge in [0.25, 0.3) is 0 Å². The Morgan fingerprint density at radius 1 is 0.451 bits per heavy atom. The molecule has 0 N–H and O–H groups in total. The third kappa shape index (κ3) is 14.4. The molecule has 356 valence electrons. The second-order valence-electron chi connectivity index (χ2n) is 15.9. The minimum atomic E-state index is -0.932. The van der Waals surface area contributed by atoms with Gasteiger partial charge in [-0.15, -0.1) is 0 Å². The zero-order chi connectivity index (χ0) is 50.0. The lowest BCUT2D eigenvalue weighted by Crippen LogP contribution is -2.13. The number of unbranched alkanes of at least 4 members (excludes halogenated alkanes) is 5. The lowest BCUT2D eigenvalue weighted by molar-refractivity contribution is -0.137. The molecule has 0 amide bonds. The summed E-state index contributed by atoms with van der Waals surface area (Å²) < 4.78 is 47.4. The molecule has 71 heavy (non-hydrogen) atoms. The molecule has 0 aliphatic carbocycles. The second kappa shape index (κ2) is 24.7. The van der Waals surface area contributed by atoms with E-state index in [-0.39, 0.29) is 34.2 Å². The first-order chi connectivity index (χ1) is 34.5. The Kier molecular flexibility index (Phi) is 17.3. The van der Waals surface area contributed by atoms with Crippen molar-refractivity contribution in [2.45, 2.75) is 38.5 Å². The molecule has 0 bridgehead atoms. The first-order valence-corrected chi connectivity index (χ1v) is 22.6. The number of hydrogen-bond donors (Lipinski definition) is 0. The van der Waals surface area contributed by atoms with E-state index in [0.717, 1.165) is 78.7 Å². The van der Waals surface area contributed by atoms with Crippen LogP contribution in [0.2, 0.25) is 0 Å². The van der Waals surface area contributed by atoms with Crippen molar-refractivity contribution in [1.82, 2.24) is 0 Å². The predicted octanol–water partition coefficient (Wildman–Crippen LogP) is 13.0. The van der Waals surface area contributed by atoms with Crippen molar-refractivity contribution >= 4 is 35.5 Å².